The zero-order valence-electron chi connectivity index (χ0n) is 39.6. The number of nitro groups is 1. The zero-order chi connectivity index (χ0) is 48.1. The van der Waals surface area contributed by atoms with Crippen LogP contribution in [0.15, 0.2) is 151 Å². The summed E-state index contributed by atoms with van der Waals surface area (Å²) < 4.78 is 49.0. The number of anilines is 3. The fraction of sp³-hybridized carbons (Fsp3) is 0.286. The van der Waals surface area contributed by atoms with Crippen LogP contribution in [0.25, 0.3) is 55.0 Å². The van der Waals surface area contributed by atoms with Crippen LogP contribution in [-0.2, 0) is 33.2 Å². The molecule has 0 spiro atoms. The third-order valence-corrected chi connectivity index (χ3v) is 12.2. The van der Waals surface area contributed by atoms with Crippen molar-refractivity contribution in [2.24, 2.45) is 0 Å². The molecule has 8 aromatic rings. The minimum absolute atomic E-state index is 0.0289. The molecule has 70 heavy (non-hydrogen) atoms. The highest BCUT2D eigenvalue weighted by atomic mass is 16.6. The number of aromatic nitrogens is 2. The summed E-state index contributed by atoms with van der Waals surface area (Å²) in [6, 6.07) is 44.8. The van der Waals surface area contributed by atoms with Crippen molar-refractivity contribution in [2.45, 2.75) is 12.8 Å². The molecule has 9 rings (SSSR count). The number of ether oxygens (including phenoxy) is 8. The first-order chi connectivity index (χ1) is 34.5. The van der Waals surface area contributed by atoms with E-state index in [9.17, 15) is 10.1 Å². The smallest absolute Gasteiger partial charge is 0.269 e. The van der Waals surface area contributed by atoms with Gasteiger partial charge in [-0.1, -0.05) is 36.4 Å². The summed E-state index contributed by atoms with van der Waals surface area (Å²) in [6.07, 6.45) is 5.80. The van der Waals surface area contributed by atoms with Gasteiger partial charge in [0, 0.05) is 82.8 Å². The molecule has 14 heteroatoms. The molecule has 0 saturated heterocycles. The van der Waals surface area contributed by atoms with E-state index in [-0.39, 0.29) is 10.6 Å². The lowest BCUT2D eigenvalue weighted by Crippen LogP contribution is -2.12. The van der Waals surface area contributed by atoms with E-state index in [1.807, 2.05) is 24.3 Å². The summed E-state index contributed by atoms with van der Waals surface area (Å²) >= 11 is 0. The highest BCUT2D eigenvalue weighted by Crippen LogP contribution is 2.43. The van der Waals surface area contributed by atoms with E-state index in [0.29, 0.717) is 79.3 Å². The summed E-state index contributed by atoms with van der Waals surface area (Å²) in [5.74, 6) is 1.69. The average Bonchev–Trinajstić information content (AvgIpc) is 3.90. The van der Waals surface area contributed by atoms with Gasteiger partial charge in [-0.3, -0.25) is 10.1 Å². The molecule has 0 unspecified atom stereocenters. The Morgan fingerprint density at radius 3 is 1.51 bits per heavy atom. The second kappa shape index (κ2) is 23.5. The van der Waals surface area contributed by atoms with Crippen LogP contribution in [0.5, 0.6) is 5.75 Å². The van der Waals surface area contributed by atoms with E-state index in [1.165, 1.54) is 5.70 Å². The van der Waals surface area contributed by atoms with E-state index in [2.05, 4.69) is 123 Å². The van der Waals surface area contributed by atoms with Crippen molar-refractivity contribution in [3.63, 3.8) is 0 Å². The second-order valence-electron chi connectivity index (χ2n) is 16.6. The van der Waals surface area contributed by atoms with Crippen LogP contribution in [0.2, 0.25) is 0 Å². The monoisotopic (exact) mass is 946 g/mol. The maximum absolute atomic E-state index is 11.8. The molecule has 2 aromatic heterocycles. The van der Waals surface area contributed by atoms with Gasteiger partial charge < -0.3 is 51.9 Å². The largest absolute Gasteiger partial charge is 0.496 e. The molecule has 6 aromatic carbocycles. The van der Waals surface area contributed by atoms with Crippen molar-refractivity contribution in [1.82, 2.24) is 9.13 Å². The van der Waals surface area contributed by atoms with Gasteiger partial charge in [-0.05, 0) is 104 Å². The Labute approximate surface area is 406 Å². The van der Waals surface area contributed by atoms with Gasteiger partial charge >= 0.3 is 0 Å². The quantitative estimate of drug-likeness (QED) is 0.0292. The predicted molar refractivity (Wildman–Crippen MR) is 275 cm³/mol. The summed E-state index contributed by atoms with van der Waals surface area (Å²) in [6.45, 7) is 6.11. The molecule has 1 aliphatic carbocycles. The van der Waals surface area contributed by atoms with E-state index in [4.69, 9.17) is 37.9 Å². The first-order valence-electron chi connectivity index (χ1n) is 23.7. The maximum atomic E-state index is 11.8. The Balaban J connectivity index is 0.998. The molecule has 0 amide bonds. The summed E-state index contributed by atoms with van der Waals surface area (Å²) in [7, 11) is 3.30. The molecule has 2 heterocycles. The van der Waals surface area contributed by atoms with Crippen molar-refractivity contribution >= 4 is 72.1 Å². The Morgan fingerprint density at radius 1 is 0.486 bits per heavy atom. The average molecular weight is 947 g/mol. The molecule has 14 nitrogen and oxygen atoms in total. The number of non-ortho nitro benzene ring substituents is 1. The second-order valence-corrected chi connectivity index (χ2v) is 16.6. The van der Waals surface area contributed by atoms with E-state index in [0.717, 1.165) is 90.7 Å². The molecule has 362 valence electrons. The van der Waals surface area contributed by atoms with Crippen LogP contribution in [0.4, 0.5) is 22.7 Å². The number of methoxy groups -OCH3 is 2. The molecule has 1 aliphatic rings. The van der Waals surface area contributed by atoms with Gasteiger partial charge in [0.1, 0.15) is 19.0 Å². The van der Waals surface area contributed by atoms with E-state index < -0.39 is 0 Å². The summed E-state index contributed by atoms with van der Waals surface area (Å²) in [5, 5.41) is 16.2. The Hall–Kier alpha value is -7.04. The minimum atomic E-state index is -0.366. The lowest BCUT2D eigenvalue weighted by Gasteiger charge is -2.26. The lowest BCUT2D eigenvalue weighted by atomic mass is 10.1. The van der Waals surface area contributed by atoms with Crippen molar-refractivity contribution in [3.05, 3.63) is 161 Å². The molecule has 0 N–H and O–H groups in total. The molecule has 0 bridgehead atoms. The van der Waals surface area contributed by atoms with Gasteiger partial charge in [0.15, 0.2) is 0 Å². The molecule has 0 fully saturated rings. The number of para-hydroxylation sites is 2. The van der Waals surface area contributed by atoms with Gasteiger partial charge in [-0.25, -0.2) is 0 Å². The highest BCUT2D eigenvalue weighted by Gasteiger charge is 2.22. The molecule has 0 saturated carbocycles. The van der Waals surface area contributed by atoms with Crippen LogP contribution >= 0.6 is 0 Å². The Bertz CT molecular complexity index is 3090. The van der Waals surface area contributed by atoms with E-state index >= 15 is 0 Å². The lowest BCUT2D eigenvalue weighted by molar-refractivity contribution is -0.384. The number of allylic oxidation sites excluding steroid dienone is 4. The van der Waals surface area contributed by atoms with Crippen LogP contribution in [-0.4, -0.2) is 108 Å². The molecular weight excluding hydrogens is 889 g/mol. The zero-order valence-corrected chi connectivity index (χ0v) is 39.6. The number of nitrogens with zero attached hydrogens (tertiary/aromatic N) is 4. The number of nitro benzene ring substituents is 1. The van der Waals surface area contributed by atoms with Crippen molar-refractivity contribution in [2.75, 3.05) is 98.4 Å². The number of hydrogen-bond donors (Lipinski definition) is 0. The molecule has 0 aliphatic heterocycles. The van der Waals surface area contributed by atoms with Crippen LogP contribution in [0.1, 0.15) is 12.8 Å². The maximum Gasteiger partial charge on any atom is 0.269 e. The first-order valence-corrected chi connectivity index (χ1v) is 23.7. The number of fused-ring (bicyclic) bond motifs is 6. The third-order valence-electron chi connectivity index (χ3n) is 12.2. The van der Waals surface area contributed by atoms with Gasteiger partial charge in [0.2, 0.25) is 0 Å². The number of rotatable bonds is 26. The standard InChI is InChI=1S/C56H58N4O10/c1-63-27-29-65-31-33-67-35-37-69-47-21-15-42(16-22-47)58-53-9-5-3-7-49(53)51-39-45(19-25-55(51)58)57(41-11-13-44(14-12-41)60(61)62)46-20-26-56-52(40-46)50-8-4-6-10-54(50)59(56)43-17-23-48(24-18-43)70-38-36-68-34-32-66-30-28-64-2/h3-17,19-23,25-26,39-40H,18,24,27-38H2,1-2H3. The topological polar surface area (TPSA) is 130 Å². The van der Waals surface area contributed by atoms with Gasteiger partial charge in [-0.2, -0.15) is 0 Å². The summed E-state index contributed by atoms with van der Waals surface area (Å²) in [5.41, 5.74) is 9.12. The van der Waals surface area contributed by atoms with Crippen LogP contribution < -0.4 is 9.64 Å². The Kier molecular flexibility index (Phi) is 16.1. The van der Waals surface area contributed by atoms with Gasteiger partial charge in [0.05, 0.1) is 98.8 Å². The van der Waals surface area contributed by atoms with Crippen molar-refractivity contribution < 1.29 is 42.8 Å². The highest BCUT2D eigenvalue weighted by molar-refractivity contribution is 6.13. The van der Waals surface area contributed by atoms with Gasteiger partial charge in [0.25, 0.3) is 5.69 Å². The molecular formula is C56H58N4O10. The summed E-state index contributed by atoms with van der Waals surface area (Å²) in [4.78, 5) is 13.6. The minimum Gasteiger partial charge on any atom is -0.496 e. The number of benzene rings is 6. The van der Waals surface area contributed by atoms with Crippen LogP contribution in [0, 0.1) is 10.1 Å². The molecule has 0 radical (unpaired) electrons. The van der Waals surface area contributed by atoms with E-state index in [1.54, 1.807) is 26.4 Å². The fourth-order valence-electron chi connectivity index (χ4n) is 8.94. The molecule has 0 atom stereocenters. The SMILES string of the molecule is COCCOCCOCCOC1=CC=C(n2c3ccccc3c3cc(N(c4ccc([N+](=O)[O-])cc4)c4ccc5c(c4)c4ccccc4n5-c4ccc(OCCOCCOCCOC)cc4)ccc32)CC1. The van der Waals surface area contributed by atoms with Gasteiger partial charge in [-0.15, -0.1) is 0 Å². The van der Waals surface area contributed by atoms with Crippen LogP contribution in [0.3, 0.4) is 0 Å². The fourth-order valence-corrected chi connectivity index (χ4v) is 8.94. The Morgan fingerprint density at radius 2 is 0.971 bits per heavy atom. The first kappa shape index (κ1) is 48.0. The predicted octanol–water partition coefficient (Wildman–Crippen LogP) is 11.5. The van der Waals surface area contributed by atoms with Crippen molar-refractivity contribution in [3.8, 4) is 11.4 Å². The third kappa shape index (κ3) is 11.0. The van der Waals surface area contributed by atoms with Crippen molar-refractivity contribution in [1.29, 1.82) is 0 Å². The number of hydrogen-bond acceptors (Lipinski definition) is 11. The normalized spacial score (nSPS) is 12.8.